The van der Waals surface area contributed by atoms with Gasteiger partial charge in [-0.2, -0.15) is 0 Å². The SMILES string of the molecule is CNC(C)c1nnnn1CC(C)C1CC1. The van der Waals surface area contributed by atoms with E-state index in [0.717, 1.165) is 18.3 Å². The van der Waals surface area contributed by atoms with Crippen molar-refractivity contribution in [3.8, 4) is 0 Å². The van der Waals surface area contributed by atoms with E-state index in [0.29, 0.717) is 5.92 Å². The first-order valence-corrected chi connectivity index (χ1v) is 5.65. The van der Waals surface area contributed by atoms with Crippen molar-refractivity contribution in [2.24, 2.45) is 11.8 Å². The van der Waals surface area contributed by atoms with E-state index >= 15 is 0 Å². The summed E-state index contributed by atoms with van der Waals surface area (Å²) in [6.45, 7) is 5.30. The average Bonchev–Trinajstić information content (AvgIpc) is 2.99. The highest BCUT2D eigenvalue weighted by molar-refractivity contribution is 4.90. The Morgan fingerprint density at radius 2 is 2.20 bits per heavy atom. The van der Waals surface area contributed by atoms with E-state index in [1.165, 1.54) is 12.8 Å². The normalized spacial score (nSPS) is 20.2. The molecule has 0 amide bonds. The molecule has 2 atom stereocenters. The van der Waals surface area contributed by atoms with Crippen LogP contribution in [0.2, 0.25) is 0 Å². The van der Waals surface area contributed by atoms with Gasteiger partial charge in [0.15, 0.2) is 5.82 Å². The molecule has 0 aliphatic heterocycles. The summed E-state index contributed by atoms with van der Waals surface area (Å²) in [7, 11) is 1.92. The number of tetrazole rings is 1. The highest BCUT2D eigenvalue weighted by Gasteiger charge is 2.29. The van der Waals surface area contributed by atoms with Crippen molar-refractivity contribution in [3.05, 3.63) is 5.82 Å². The highest BCUT2D eigenvalue weighted by atomic mass is 15.5. The molecule has 84 valence electrons. The predicted molar refractivity (Wildman–Crippen MR) is 57.2 cm³/mol. The number of rotatable bonds is 5. The third-order valence-corrected chi connectivity index (χ3v) is 3.27. The van der Waals surface area contributed by atoms with Gasteiger partial charge < -0.3 is 5.32 Å². The molecule has 1 aliphatic carbocycles. The Balaban J connectivity index is 2.03. The Morgan fingerprint density at radius 3 is 2.80 bits per heavy atom. The molecule has 1 heterocycles. The quantitative estimate of drug-likeness (QED) is 0.786. The van der Waals surface area contributed by atoms with E-state index in [1.54, 1.807) is 0 Å². The van der Waals surface area contributed by atoms with E-state index in [2.05, 4.69) is 34.7 Å². The minimum atomic E-state index is 0.214. The van der Waals surface area contributed by atoms with Gasteiger partial charge in [-0.3, -0.25) is 0 Å². The van der Waals surface area contributed by atoms with Crippen molar-refractivity contribution < 1.29 is 0 Å². The fourth-order valence-corrected chi connectivity index (χ4v) is 1.87. The van der Waals surface area contributed by atoms with Gasteiger partial charge in [0.05, 0.1) is 6.04 Å². The van der Waals surface area contributed by atoms with E-state index < -0.39 is 0 Å². The van der Waals surface area contributed by atoms with Crippen LogP contribution in [0.5, 0.6) is 0 Å². The Kier molecular flexibility index (Phi) is 3.00. The fourth-order valence-electron chi connectivity index (χ4n) is 1.87. The molecule has 0 saturated heterocycles. The molecule has 0 spiro atoms. The van der Waals surface area contributed by atoms with Crippen LogP contribution in [0.15, 0.2) is 0 Å². The predicted octanol–water partition coefficient (Wildman–Crippen LogP) is 1.000. The molecule has 5 nitrogen and oxygen atoms in total. The van der Waals surface area contributed by atoms with Crippen molar-refractivity contribution >= 4 is 0 Å². The lowest BCUT2D eigenvalue weighted by atomic mass is 10.1. The second kappa shape index (κ2) is 4.26. The second-order valence-electron chi connectivity index (χ2n) is 4.54. The van der Waals surface area contributed by atoms with Crippen LogP contribution in [0.4, 0.5) is 0 Å². The van der Waals surface area contributed by atoms with Crippen LogP contribution in [-0.4, -0.2) is 27.3 Å². The summed E-state index contributed by atoms with van der Waals surface area (Å²) < 4.78 is 1.93. The monoisotopic (exact) mass is 209 g/mol. The van der Waals surface area contributed by atoms with Crippen LogP contribution in [0.3, 0.4) is 0 Å². The van der Waals surface area contributed by atoms with Crippen molar-refractivity contribution in [1.29, 1.82) is 0 Å². The molecule has 1 saturated carbocycles. The van der Waals surface area contributed by atoms with Crippen LogP contribution in [0.1, 0.15) is 38.6 Å². The lowest BCUT2D eigenvalue weighted by Crippen LogP contribution is -2.21. The van der Waals surface area contributed by atoms with Crippen molar-refractivity contribution in [2.75, 3.05) is 7.05 Å². The lowest BCUT2D eigenvalue weighted by molar-refractivity contribution is 0.382. The van der Waals surface area contributed by atoms with Gasteiger partial charge in [-0.1, -0.05) is 6.92 Å². The first kappa shape index (κ1) is 10.5. The van der Waals surface area contributed by atoms with Gasteiger partial charge in [0.2, 0.25) is 0 Å². The van der Waals surface area contributed by atoms with Crippen LogP contribution < -0.4 is 5.32 Å². The number of aromatic nitrogens is 4. The van der Waals surface area contributed by atoms with E-state index in [-0.39, 0.29) is 6.04 Å². The summed E-state index contributed by atoms with van der Waals surface area (Å²) >= 11 is 0. The van der Waals surface area contributed by atoms with E-state index in [1.807, 2.05) is 11.7 Å². The molecule has 1 aromatic heterocycles. The Morgan fingerprint density at radius 1 is 1.47 bits per heavy atom. The summed E-state index contributed by atoms with van der Waals surface area (Å²) in [4.78, 5) is 0. The molecule has 1 aromatic rings. The number of hydrogen-bond donors (Lipinski definition) is 1. The van der Waals surface area contributed by atoms with E-state index in [9.17, 15) is 0 Å². The van der Waals surface area contributed by atoms with Crippen molar-refractivity contribution in [1.82, 2.24) is 25.5 Å². The minimum absolute atomic E-state index is 0.214. The third kappa shape index (κ3) is 2.34. The zero-order chi connectivity index (χ0) is 10.8. The van der Waals surface area contributed by atoms with E-state index in [4.69, 9.17) is 0 Å². The Labute approximate surface area is 90.2 Å². The van der Waals surface area contributed by atoms with Gasteiger partial charge in [0.1, 0.15) is 0 Å². The molecule has 0 aromatic carbocycles. The maximum absolute atomic E-state index is 4.06. The minimum Gasteiger partial charge on any atom is -0.311 e. The maximum Gasteiger partial charge on any atom is 0.167 e. The fraction of sp³-hybridized carbons (Fsp3) is 0.900. The molecule has 1 N–H and O–H groups in total. The standard InChI is InChI=1S/C10H19N5/c1-7(9-4-5-9)6-15-10(8(2)11-3)12-13-14-15/h7-9,11H,4-6H2,1-3H3. The molecule has 1 aliphatic rings. The maximum atomic E-state index is 4.06. The molecule has 1 fully saturated rings. The second-order valence-corrected chi connectivity index (χ2v) is 4.54. The number of hydrogen-bond acceptors (Lipinski definition) is 4. The van der Waals surface area contributed by atoms with Crippen LogP contribution >= 0.6 is 0 Å². The Hall–Kier alpha value is -0.970. The molecule has 2 rings (SSSR count). The van der Waals surface area contributed by atoms with Gasteiger partial charge in [-0.15, -0.1) is 5.10 Å². The molecular weight excluding hydrogens is 190 g/mol. The largest absolute Gasteiger partial charge is 0.311 e. The number of nitrogens with zero attached hydrogens (tertiary/aromatic N) is 4. The first-order valence-electron chi connectivity index (χ1n) is 5.65. The summed E-state index contributed by atoms with van der Waals surface area (Å²) in [5, 5.41) is 15.0. The zero-order valence-corrected chi connectivity index (χ0v) is 9.64. The summed E-state index contributed by atoms with van der Waals surface area (Å²) in [5.74, 6) is 2.52. The lowest BCUT2D eigenvalue weighted by Gasteiger charge is -2.13. The third-order valence-electron chi connectivity index (χ3n) is 3.27. The first-order chi connectivity index (χ1) is 7.22. The summed E-state index contributed by atoms with van der Waals surface area (Å²) in [5.41, 5.74) is 0. The van der Waals surface area contributed by atoms with Gasteiger partial charge in [-0.25, -0.2) is 4.68 Å². The molecular formula is C10H19N5. The van der Waals surface area contributed by atoms with Gasteiger partial charge >= 0.3 is 0 Å². The molecule has 15 heavy (non-hydrogen) atoms. The summed E-state index contributed by atoms with van der Waals surface area (Å²) in [6, 6.07) is 0.214. The van der Waals surface area contributed by atoms with Gasteiger partial charge in [0, 0.05) is 6.54 Å². The molecule has 0 radical (unpaired) electrons. The molecule has 2 unspecified atom stereocenters. The van der Waals surface area contributed by atoms with Crippen molar-refractivity contribution in [2.45, 2.75) is 39.3 Å². The highest BCUT2D eigenvalue weighted by Crippen LogP contribution is 2.37. The van der Waals surface area contributed by atoms with Crippen LogP contribution in [-0.2, 0) is 6.54 Å². The molecule has 0 bridgehead atoms. The van der Waals surface area contributed by atoms with Crippen LogP contribution in [0.25, 0.3) is 0 Å². The average molecular weight is 209 g/mol. The van der Waals surface area contributed by atoms with Gasteiger partial charge in [-0.05, 0) is 49.1 Å². The topological polar surface area (TPSA) is 55.6 Å². The van der Waals surface area contributed by atoms with Crippen LogP contribution in [0, 0.1) is 11.8 Å². The molecule has 5 heteroatoms. The number of nitrogens with one attached hydrogen (secondary N) is 1. The smallest absolute Gasteiger partial charge is 0.167 e. The zero-order valence-electron chi connectivity index (χ0n) is 9.64. The van der Waals surface area contributed by atoms with Gasteiger partial charge in [0.25, 0.3) is 0 Å². The van der Waals surface area contributed by atoms with Crippen molar-refractivity contribution in [3.63, 3.8) is 0 Å². The Bertz CT molecular complexity index is 317. The summed E-state index contributed by atoms with van der Waals surface area (Å²) in [6.07, 6.45) is 2.75.